The van der Waals surface area contributed by atoms with Gasteiger partial charge in [-0.15, -0.1) is 0 Å². The van der Waals surface area contributed by atoms with Crippen molar-refractivity contribution in [1.29, 1.82) is 0 Å². The topological polar surface area (TPSA) is 104 Å². The normalized spacial score (nSPS) is 21.2. The van der Waals surface area contributed by atoms with E-state index < -0.39 is 20.1 Å². The summed E-state index contributed by atoms with van der Waals surface area (Å²) in [7, 11) is -7.78. The Labute approximate surface area is 130 Å². The molecule has 1 aliphatic heterocycles. The molecule has 6 nitrogen and oxygen atoms in total. The van der Waals surface area contributed by atoms with E-state index in [0.29, 0.717) is 4.91 Å². The molecule has 2 N–H and O–H groups in total. The molecule has 1 aliphatic carbocycles. The highest BCUT2D eigenvalue weighted by Crippen LogP contribution is 2.44. The van der Waals surface area contributed by atoms with Crippen LogP contribution in [0.3, 0.4) is 0 Å². The van der Waals surface area contributed by atoms with Gasteiger partial charge in [-0.3, -0.25) is 0 Å². The van der Waals surface area contributed by atoms with Gasteiger partial charge in [0.2, 0.25) is 9.84 Å². The van der Waals surface area contributed by atoms with Crippen molar-refractivity contribution in [2.24, 2.45) is 11.1 Å². The quantitative estimate of drug-likeness (QED) is 0.904. The number of hydrogen-bond acceptors (Lipinski definition) is 5. The van der Waals surface area contributed by atoms with Crippen LogP contribution in [0.1, 0.15) is 37.7 Å². The molecule has 2 aliphatic rings. The van der Waals surface area contributed by atoms with Crippen molar-refractivity contribution >= 4 is 26.2 Å². The lowest BCUT2D eigenvalue weighted by Gasteiger charge is -2.22. The lowest BCUT2D eigenvalue weighted by atomic mass is 9.88. The van der Waals surface area contributed by atoms with Gasteiger partial charge in [0.15, 0.2) is 5.75 Å². The molecule has 0 bridgehead atoms. The van der Waals surface area contributed by atoms with Crippen molar-refractivity contribution in [3.8, 4) is 5.75 Å². The SMILES string of the molecule is NS(=O)(=O)Oc1cccc2c1C=C(C1CCCCC1)S2(=O)=O. The van der Waals surface area contributed by atoms with Crippen LogP contribution in [-0.4, -0.2) is 16.8 Å². The van der Waals surface area contributed by atoms with Crippen LogP contribution in [0.2, 0.25) is 0 Å². The van der Waals surface area contributed by atoms with E-state index in [4.69, 9.17) is 9.32 Å². The van der Waals surface area contributed by atoms with Crippen LogP contribution in [0.25, 0.3) is 6.08 Å². The molecule has 3 rings (SSSR count). The summed E-state index contributed by atoms with van der Waals surface area (Å²) in [6, 6.07) is 4.32. The second-order valence-electron chi connectivity index (χ2n) is 5.63. The maximum atomic E-state index is 12.7. The summed E-state index contributed by atoms with van der Waals surface area (Å²) in [5.74, 6) is -0.0529. The number of fused-ring (bicyclic) bond motifs is 1. The average Bonchev–Trinajstić information content (AvgIpc) is 2.71. The summed E-state index contributed by atoms with van der Waals surface area (Å²) in [6.07, 6.45) is 6.36. The maximum Gasteiger partial charge on any atom is 0.380 e. The number of rotatable bonds is 3. The van der Waals surface area contributed by atoms with Gasteiger partial charge in [-0.25, -0.2) is 8.42 Å². The number of benzene rings is 1. The van der Waals surface area contributed by atoms with Crippen LogP contribution >= 0.6 is 0 Å². The first-order chi connectivity index (χ1) is 10.3. The third-order valence-corrected chi connectivity index (χ3v) is 6.54. The van der Waals surface area contributed by atoms with Crippen molar-refractivity contribution < 1.29 is 21.0 Å². The molecule has 1 saturated carbocycles. The first kappa shape index (κ1) is 15.5. The molecule has 1 fully saturated rings. The highest BCUT2D eigenvalue weighted by Gasteiger charge is 2.36. The highest BCUT2D eigenvalue weighted by atomic mass is 32.2. The first-order valence-corrected chi connectivity index (χ1v) is 10.1. The number of nitrogens with two attached hydrogens (primary N) is 1. The van der Waals surface area contributed by atoms with Gasteiger partial charge < -0.3 is 4.18 Å². The third kappa shape index (κ3) is 2.78. The molecule has 0 atom stereocenters. The van der Waals surface area contributed by atoms with Gasteiger partial charge in [-0.2, -0.15) is 13.6 Å². The van der Waals surface area contributed by atoms with Crippen LogP contribution in [0, 0.1) is 5.92 Å². The van der Waals surface area contributed by atoms with Gasteiger partial charge >= 0.3 is 10.3 Å². The predicted molar refractivity (Wildman–Crippen MR) is 81.9 cm³/mol. The van der Waals surface area contributed by atoms with E-state index in [1.54, 1.807) is 6.08 Å². The van der Waals surface area contributed by atoms with Gasteiger partial charge in [0, 0.05) is 5.56 Å². The molecule has 1 heterocycles. The minimum Gasteiger partial charge on any atom is -0.370 e. The van der Waals surface area contributed by atoms with Crippen LogP contribution in [-0.2, 0) is 20.1 Å². The van der Waals surface area contributed by atoms with E-state index in [0.717, 1.165) is 32.1 Å². The molecule has 1 aromatic rings. The summed E-state index contributed by atoms with van der Waals surface area (Å²) in [4.78, 5) is 0.460. The smallest absolute Gasteiger partial charge is 0.370 e. The van der Waals surface area contributed by atoms with E-state index in [-0.39, 0.29) is 22.1 Å². The summed E-state index contributed by atoms with van der Waals surface area (Å²) in [5, 5.41) is 4.89. The Balaban J connectivity index is 2.08. The van der Waals surface area contributed by atoms with E-state index in [9.17, 15) is 16.8 Å². The van der Waals surface area contributed by atoms with Crippen LogP contribution in [0.15, 0.2) is 28.0 Å². The Morgan fingerprint density at radius 2 is 1.82 bits per heavy atom. The lowest BCUT2D eigenvalue weighted by Crippen LogP contribution is -2.19. The molecular formula is C14H17NO5S2. The fourth-order valence-electron chi connectivity index (χ4n) is 3.17. The van der Waals surface area contributed by atoms with E-state index >= 15 is 0 Å². The molecule has 0 radical (unpaired) electrons. The van der Waals surface area contributed by atoms with Crippen LogP contribution in [0.5, 0.6) is 5.75 Å². The predicted octanol–water partition coefficient (Wildman–Crippen LogP) is 1.98. The second-order valence-corrected chi connectivity index (χ2v) is 8.70. The number of sulfone groups is 1. The molecule has 0 unspecified atom stereocenters. The molecule has 0 amide bonds. The van der Waals surface area contributed by atoms with Gasteiger partial charge in [0.05, 0.1) is 9.80 Å². The fourth-order valence-corrected chi connectivity index (χ4v) is 5.47. The van der Waals surface area contributed by atoms with Gasteiger partial charge in [0.25, 0.3) is 0 Å². The van der Waals surface area contributed by atoms with Crippen molar-refractivity contribution in [3.05, 3.63) is 28.7 Å². The maximum absolute atomic E-state index is 12.7. The first-order valence-electron chi connectivity index (χ1n) is 7.11. The molecule has 120 valence electrons. The zero-order chi connectivity index (χ0) is 16.0. The Bertz CT molecular complexity index is 834. The number of allylic oxidation sites excluding steroid dienone is 1. The Hall–Kier alpha value is -1.38. The van der Waals surface area contributed by atoms with E-state index in [1.807, 2.05) is 0 Å². The van der Waals surface area contributed by atoms with Crippen molar-refractivity contribution in [1.82, 2.24) is 0 Å². The minimum atomic E-state index is -4.20. The zero-order valence-corrected chi connectivity index (χ0v) is 13.5. The van der Waals surface area contributed by atoms with E-state index in [1.165, 1.54) is 18.2 Å². The Kier molecular flexibility index (Phi) is 3.78. The molecule has 0 saturated heterocycles. The summed E-state index contributed by atoms with van der Waals surface area (Å²) < 4.78 is 52.4. The van der Waals surface area contributed by atoms with Gasteiger partial charge in [0.1, 0.15) is 0 Å². The monoisotopic (exact) mass is 343 g/mol. The molecule has 8 heteroatoms. The van der Waals surface area contributed by atoms with Gasteiger partial charge in [-0.1, -0.05) is 25.3 Å². The third-order valence-electron chi connectivity index (χ3n) is 4.13. The lowest BCUT2D eigenvalue weighted by molar-refractivity contribution is 0.413. The molecule has 0 aromatic heterocycles. The molecule has 22 heavy (non-hydrogen) atoms. The van der Waals surface area contributed by atoms with Crippen LogP contribution < -0.4 is 9.32 Å². The van der Waals surface area contributed by atoms with Crippen molar-refractivity contribution in [3.63, 3.8) is 0 Å². The number of hydrogen-bond donors (Lipinski definition) is 1. The Morgan fingerprint density at radius 1 is 1.14 bits per heavy atom. The zero-order valence-electron chi connectivity index (χ0n) is 11.9. The van der Waals surface area contributed by atoms with Crippen LogP contribution in [0.4, 0.5) is 0 Å². The standard InChI is InChI=1S/C14H17NO5S2/c15-22(18,19)20-12-7-4-8-13-11(12)9-14(21(13,16)17)10-5-2-1-3-6-10/h4,7-10H,1-3,5-6H2,(H2,15,18,19). The fraction of sp³-hybridized carbons (Fsp3) is 0.429. The molecule has 1 aromatic carbocycles. The second kappa shape index (κ2) is 5.36. The van der Waals surface area contributed by atoms with Crippen molar-refractivity contribution in [2.45, 2.75) is 37.0 Å². The Morgan fingerprint density at radius 3 is 2.45 bits per heavy atom. The largest absolute Gasteiger partial charge is 0.380 e. The highest BCUT2D eigenvalue weighted by molar-refractivity contribution is 7.95. The van der Waals surface area contributed by atoms with E-state index in [2.05, 4.69) is 0 Å². The summed E-state index contributed by atoms with van der Waals surface area (Å²) >= 11 is 0. The molecule has 0 spiro atoms. The summed E-state index contributed by atoms with van der Waals surface area (Å²) in [5.41, 5.74) is 0.275. The van der Waals surface area contributed by atoms with Gasteiger partial charge in [-0.05, 0) is 37.0 Å². The average molecular weight is 343 g/mol. The molecular weight excluding hydrogens is 326 g/mol. The summed E-state index contributed by atoms with van der Waals surface area (Å²) in [6.45, 7) is 0. The minimum absolute atomic E-state index is 0.00603. The van der Waals surface area contributed by atoms with Crippen molar-refractivity contribution in [2.75, 3.05) is 0 Å².